The van der Waals surface area contributed by atoms with E-state index in [0.717, 1.165) is 16.2 Å². The lowest BCUT2D eigenvalue weighted by molar-refractivity contribution is -0.139. The minimum absolute atomic E-state index is 0.0349. The van der Waals surface area contributed by atoms with Crippen molar-refractivity contribution in [2.45, 2.75) is 12.6 Å². The highest BCUT2D eigenvalue weighted by Gasteiger charge is 2.30. The number of ether oxygens (including phenoxy) is 1. The summed E-state index contributed by atoms with van der Waals surface area (Å²) in [5, 5.41) is 1.76. The molecule has 1 heterocycles. The third kappa shape index (κ3) is 4.59. The van der Waals surface area contributed by atoms with Crippen molar-refractivity contribution < 1.29 is 22.7 Å². The molecule has 0 saturated heterocycles. The van der Waals surface area contributed by atoms with Gasteiger partial charge in [-0.1, -0.05) is 0 Å². The Bertz CT molecular complexity index is 392. The van der Waals surface area contributed by atoms with Crippen LogP contribution in [-0.2, 0) is 16.0 Å². The standard InChI is InChI=1S/C9H11F3N2O2S/c1-14(5-9(10,11)12)8-13-6(4-17-8)3-7(15)16-2/h4H,3,5H2,1-2H3. The van der Waals surface area contributed by atoms with Crippen molar-refractivity contribution in [3.05, 3.63) is 11.1 Å². The summed E-state index contributed by atoms with van der Waals surface area (Å²) in [5.41, 5.74) is 0.408. The fourth-order valence-electron chi connectivity index (χ4n) is 1.11. The van der Waals surface area contributed by atoms with Crippen LogP contribution in [-0.4, -0.2) is 37.8 Å². The van der Waals surface area contributed by atoms with Gasteiger partial charge in [-0.2, -0.15) is 13.2 Å². The maximum atomic E-state index is 12.1. The van der Waals surface area contributed by atoms with E-state index in [-0.39, 0.29) is 11.6 Å². The van der Waals surface area contributed by atoms with E-state index < -0.39 is 18.7 Å². The molecular weight excluding hydrogens is 257 g/mol. The van der Waals surface area contributed by atoms with Gasteiger partial charge in [0.15, 0.2) is 5.13 Å². The zero-order chi connectivity index (χ0) is 13.1. The quantitative estimate of drug-likeness (QED) is 0.782. The molecule has 0 radical (unpaired) electrons. The first-order valence-corrected chi connectivity index (χ1v) is 5.49. The number of nitrogens with zero attached hydrogens (tertiary/aromatic N) is 2. The third-order valence-corrected chi connectivity index (χ3v) is 2.84. The minimum atomic E-state index is -4.27. The number of methoxy groups -OCH3 is 1. The van der Waals surface area contributed by atoms with Crippen LogP contribution < -0.4 is 4.90 Å². The van der Waals surface area contributed by atoms with Gasteiger partial charge in [-0.15, -0.1) is 11.3 Å². The van der Waals surface area contributed by atoms with Gasteiger partial charge in [0.25, 0.3) is 0 Å². The van der Waals surface area contributed by atoms with Crippen LogP contribution in [0.4, 0.5) is 18.3 Å². The summed E-state index contributed by atoms with van der Waals surface area (Å²) in [6.07, 6.45) is -4.31. The number of alkyl halides is 3. The SMILES string of the molecule is COC(=O)Cc1csc(N(C)CC(F)(F)F)n1. The van der Waals surface area contributed by atoms with Gasteiger partial charge in [0.2, 0.25) is 0 Å². The number of anilines is 1. The average Bonchev–Trinajstić information content (AvgIpc) is 2.63. The molecule has 0 aliphatic carbocycles. The van der Waals surface area contributed by atoms with Crippen LogP contribution in [0.1, 0.15) is 5.69 Å². The Kier molecular flexibility index (Phi) is 4.33. The number of rotatable bonds is 4. The predicted octanol–water partition coefficient (Wildman–Crippen LogP) is 1.86. The molecule has 0 aromatic carbocycles. The summed E-state index contributed by atoms with van der Waals surface area (Å²) < 4.78 is 40.8. The van der Waals surface area contributed by atoms with E-state index in [4.69, 9.17) is 0 Å². The molecule has 0 bridgehead atoms. The van der Waals surface area contributed by atoms with E-state index in [1.807, 2.05) is 0 Å². The van der Waals surface area contributed by atoms with Crippen LogP contribution in [0.5, 0.6) is 0 Å². The molecular formula is C9H11F3N2O2S. The maximum absolute atomic E-state index is 12.1. The van der Waals surface area contributed by atoms with E-state index in [1.165, 1.54) is 14.2 Å². The lowest BCUT2D eigenvalue weighted by Crippen LogP contribution is -2.30. The first kappa shape index (κ1) is 13.8. The monoisotopic (exact) mass is 268 g/mol. The molecule has 4 nitrogen and oxygen atoms in total. The van der Waals surface area contributed by atoms with Gasteiger partial charge in [0, 0.05) is 12.4 Å². The Morgan fingerprint density at radius 2 is 2.24 bits per heavy atom. The summed E-state index contributed by atoms with van der Waals surface area (Å²) in [6, 6.07) is 0. The first-order valence-electron chi connectivity index (χ1n) is 4.61. The number of hydrogen-bond donors (Lipinski definition) is 0. The molecule has 1 aromatic rings. The van der Waals surface area contributed by atoms with Crippen molar-refractivity contribution >= 4 is 22.4 Å². The first-order chi connectivity index (χ1) is 7.81. The van der Waals surface area contributed by atoms with Crippen molar-refractivity contribution in [1.29, 1.82) is 0 Å². The fourth-order valence-corrected chi connectivity index (χ4v) is 1.90. The van der Waals surface area contributed by atoms with Gasteiger partial charge >= 0.3 is 12.1 Å². The van der Waals surface area contributed by atoms with E-state index >= 15 is 0 Å². The minimum Gasteiger partial charge on any atom is -0.469 e. The van der Waals surface area contributed by atoms with Gasteiger partial charge in [-0.3, -0.25) is 4.79 Å². The Hall–Kier alpha value is -1.31. The molecule has 0 aliphatic rings. The van der Waals surface area contributed by atoms with E-state index in [1.54, 1.807) is 5.38 Å². The normalized spacial score (nSPS) is 11.4. The van der Waals surface area contributed by atoms with Gasteiger partial charge in [-0.05, 0) is 0 Å². The van der Waals surface area contributed by atoms with Crippen LogP contribution in [0.15, 0.2) is 5.38 Å². The van der Waals surface area contributed by atoms with Gasteiger partial charge in [-0.25, -0.2) is 4.98 Å². The maximum Gasteiger partial charge on any atom is 0.405 e. The highest BCUT2D eigenvalue weighted by molar-refractivity contribution is 7.13. The molecule has 1 rings (SSSR count). The smallest absolute Gasteiger partial charge is 0.405 e. The topological polar surface area (TPSA) is 42.4 Å². The Labute approximate surface area is 100 Å². The molecule has 0 unspecified atom stereocenters. The van der Waals surface area contributed by atoms with Crippen molar-refractivity contribution in [3.8, 4) is 0 Å². The van der Waals surface area contributed by atoms with Crippen LogP contribution in [0.25, 0.3) is 0 Å². The molecule has 0 N–H and O–H groups in total. The highest BCUT2D eigenvalue weighted by Crippen LogP contribution is 2.24. The lowest BCUT2D eigenvalue weighted by Gasteiger charge is -2.17. The fraction of sp³-hybridized carbons (Fsp3) is 0.556. The number of hydrogen-bond acceptors (Lipinski definition) is 5. The molecule has 0 spiro atoms. The number of halogens is 3. The molecule has 0 fully saturated rings. The largest absolute Gasteiger partial charge is 0.469 e. The summed E-state index contributed by atoms with van der Waals surface area (Å²) in [4.78, 5) is 15.9. The van der Waals surface area contributed by atoms with Crippen LogP contribution in [0.3, 0.4) is 0 Å². The predicted molar refractivity (Wildman–Crippen MR) is 57.2 cm³/mol. The van der Waals surface area contributed by atoms with Gasteiger partial charge in [0.1, 0.15) is 6.54 Å². The second-order valence-corrected chi connectivity index (χ2v) is 4.18. The average molecular weight is 268 g/mol. The summed E-state index contributed by atoms with van der Waals surface area (Å²) >= 11 is 1.06. The number of thiazole rings is 1. The number of esters is 1. The molecule has 0 atom stereocenters. The Balaban J connectivity index is 2.64. The molecule has 96 valence electrons. The Morgan fingerprint density at radius 3 is 2.76 bits per heavy atom. The zero-order valence-electron chi connectivity index (χ0n) is 9.24. The van der Waals surface area contributed by atoms with E-state index in [0.29, 0.717) is 5.69 Å². The van der Waals surface area contributed by atoms with Crippen molar-refractivity contribution in [3.63, 3.8) is 0 Å². The second-order valence-electron chi connectivity index (χ2n) is 3.35. The van der Waals surface area contributed by atoms with E-state index in [9.17, 15) is 18.0 Å². The lowest BCUT2D eigenvalue weighted by atomic mass is 10.3. The summed E-state index contributed by atoms with van der Waals surface area (Å²) in [5.74, 6) is -0.472. The number of carbonyl (C=O) groups is 1. The van der Waals surface area contributed by atoms with Crippen molar-refractivity contribution in [1.82, 2.24) is 4.98 Å². The summed E-state index contributed by atoms with van der Waals surface area (Å²) in [7, 11) is 2.54. The molecule has 17 heavy (non-hydrogen) atoms. The van der Waals surface area contributed by atoms with Crippen LogP contribution in [0, 0.1) is 0 Å². The molecule has 0 saturated carbocycles. The van der Waals surface area contributed by atoms with Crippen molar-refractivity contribution in [2.75, 3.05) is 25.6 Å². The highest BCUT2D eigenvalue weighted by atomic mass is 32.1. The second kappa shape index (κ2) is 5.35. The third-order valence-electron chi connectivity index (χ3n) is 1.84. The van der Waals surface area contributed by atoms with Crippen molar-refractivity contribution in [2.24, 2.45) is 0 Å². The number of carbonyl (C=O) groups excluding carboxylic acids is 1. The molecule has 0 amide bonds. The number of aromatic nitrogens is 1. The van der Waals surface area contributed by atoms with Crippen LogP contribution in [0.2, 0.25) is 0 Å². The summed E-state index contributed by atoms with van der Waals surface area (Å²) in [6.45, 7) is -1.07. The molecule has 8 heteroatoms. The molecule has 0 aliphatic heterocycles. The van der Waals surface area contributed by atoms with Crippen LogP contribution >= 0.6 is 11.3 Å². The zero-order valence-corrected chi connectivity index (χ0v) is 10.1. The van der Waals surface area contributed by atoms with Gasteiger partial charge in [0.05, 0.1) is 19.2 Å². The Morgan fingerprint density at radius 1 is 1.59 bits per heavy atom. The van der Waals surface area contributed by atoms with Gasteiger partial charge < -0.3 is 9.64 Å². The molecule has 1 aromatic heterocycles. The van der Waals surface area contributed by atoms with E-state index in [2.05, 4.69) is 9.72 Å².